The third-order valence-corrected chi connectivity index (χ3v) is 8.84. The molecule has 1 aromatic heterocycles. The summed E-state index contributed by atoms with van der Waals surface area (Å²) < 4.78 is 8.07. The quantitative estimate of drug-likeness (QED) is 0.0919. The molecule has 218 valence electrons. The topological polar surface area (TPSA) is 47.4 Å². The highest BCUT2D eigenvalue weighted by Gasteiger charge is 2.32. The molecule has 0 N–H and O–H groups in total. The van der Waals surface area contributed by atoms with E-state index in [2.05, 4.69) is 6.92 Å². The van der Waals surface area contributed by atoms with Crippen molar-refractivity contribution >= 4 is 51.9 Å². The van der Waals surface area contributed by atoms with Crippen molar-refractivity contribution in [2.45, 2.75) is 78.1 Å². The summed E-state index contributed by atoms with van der Waals surface area (Å²) in [5.41, 5.74) is 3.34. The van der Waals surface area contributed by atoms with Gasteiger partial charge in [0, 0.05) is 23.9 Å². The minimum absolute atomic E-state index is 0.0286. The van der Waals surface area contributed by atoms with E-state index >= 15 is 0 Å². The van der Waals surface area contributed by atoms with E-state index in [1.165, 1.54) is 63.1 Å². The zero-order chi connectivity index (χ0) is 29.0. The van der Waals surface area contributed by atoms with Crippen LogP contribution < -0.4 is 4.74 Å². The SMILES string of the molecule is CCCCCCCCCCCCN1C(=O)/C(=C/c2cn(-c3ccccc3)nc2-c2ccc(OCC)c(Cl)c2)SC1=S. The summed E-state index contributed by atoms with van der Waals surface area (Å²) >= 11 is 13.5. The van der Waals surface area contributed by atoms with Crippen LogP contribution in [0.1, 0.15) is 83.6 Å². The predicted molar refractivity (Wildman–Crippen MR) is 177 cm³/mol. The Hall–Kier alpha value is -2.61. The van der Waals surface area contributed by atoms with E-state index in [0.29, 0.717) is 33.1 Å². The molecular formula is C33H40ClN3O2S2. The molecule has 0 radical (unpaired) electrons. The number of hydrogen-bond donors (Lipinski definition) is 0. The Labute approximate surface area is 259 Å². The minimum atomic E-state index is -0.0286. The lowest BCUT2D eigenvalue weighted by Gasteiger charge is -2.14. The molecular weight excluding hydrogens is 570 g/mol. The largest absolute Gasteiger partial charge is 0.492 e. The first-order valence-corrected chi connectivity index (χ1v) is 16.4. The summed E-state index contributed by atoms with van der Waals surface area (Å²) in [5, 5.41) is 5.40. The average Bonchev–Trinajstić information content (AvgIpc) is 3.51. The van der Waals surface area contributed by atoms with Crippen LogP contribution in [0.25, 0.3) is 23.0 Å². The van der Waals surface area contributed by atoms with Crippen molar-refractivity contribution in [2.75, 3.05) is 13.2 Å². The zero-order valence-electron chi connectivity index (χ0n) is 24.1. The Morgan fingerprint density at radius 3 is 2.29 bits per heavy atom. The van der Waals surface area contributed by atoms with Gasteiger partial charge in [-0.2, -0.15) is 5.10 Å². The molecule has 41 heavy (non-hydrogen) atoms. The summed E-state index contributed by atoms with van der Waals surface area (Å²) in [5.74, 6) is 0.605. The maximum atomic E-state index is 13.4. The molecule has 5 nitrogen and oxygen atoms in total. The van der Waals surface area contributed by atoms with E-state index in [1.807, 2.05) is 72.4 Å². The molecule has 1 fully saturated rings. The summed E-state index contributed by atoms with van der Waals surface area (Å²) in [6.45, 7) is 5.39. The van der Waals surface area contributed by atoms with Gasteiger partial charge >= 0.3 is 0 Å². The van der Waals surface area contributed by atoms with Gasteiger partial charge in [0.15, 0.2) is 0 Å². The number of ether oxygens (including phenoxy) is 1. The molecule has 4 rings (SSSR count). The molecule has 0 bridgehead atoms. The van der Waals surface area contributed by atoms with Crippen molar-refractivity contribution < 1.29 is 9.53 Å². The van der Waals surface area contributed by atoms with Crippen LogP contribution in [-0.4, -0.2) is 38.1 Å². The van der Waals surface area contributed by atoms with Gasteiger partial charge in [-0.25, -0.2) is 4.68 Å². The number of carbonyl (C=O) groups excluding carboxylic acids is 1. The molecule has 0 aliphatic carbocycles. The van der Waals surface area contributed by atoms with Crippen LogP contribution in [0.4, 0.5) is 0 Å². The van der Waals surface area contributed by atoms with E-state index in [-0.39, 0.29) is 5.91 Å². The fraction of sp³-hybridized carbons (Fsp3) is 0.424. The van der Waals surface area contributed by atoms with Crippen LogP contribution in [0.5, 0.6) is 5.75 Å². The van der Waals surface area contributed by atoms with Crippen molar-refractivity contribution in [2.24, 2.45) is 0 Å². The van der Waals surface area contributed by atoms with Gasteiger partial charge in [-0.15, -0.1) is 0 Å². The molecule has 0 spiro atoms. The van der Waals surface area contributed by atoms with E-state index in [9.17, 15) is 4.79 Å². The highest BCUT2D eigenvalue weighted by Crippen LogP contribution is 2.36. The first kappa shape index (κ1) is 31.3. The van der Waals surface area contributed by atoms with Crippen LogP contribution >= 0.6 is 35.6 Å². The molecule has 1 amide bonds. The van der Waals surface area contributed by atoms with E-state index < -0.39 is 0 Å². The Balaban J connectivity index is 1.45. The Morgan fingerprint density at radius 2 is 1.63 bits per heavy atom. The van der Waals surface area contributed by atoms with Crippen molar-refractivity contribution in [1.29, 1.82) is 0 Å². The second kappa shape index (κ2) is 16.1. The monoisotopic (exact) mass is 609 g/mol. The number of carbonyl (C=O) groups is 1. The number of para-hydroxylation sites is 1. The lowest BCUT2D eigenvalue weighted by atomic mass is 10.1. The molecule has 0 unspecified atom stereocenters. The molecule has 2 heterocycles. The third-order valence-electron chi connectivity index (χ3n) is 7.16. The smallest absolute Gasteiger partial charge is 0.266 e. The normalized spacial score (nSPS) is 14.4. The number of amides is 1. The van der Waals surface area contributed by atoms with E-state index in [4.69, 9.17) is 33.7 Å². The van der Waals surface area contributed by atoms with Crippen LogP contribution in [0.15, 0.2) is 59.6 Å². The molecule has 1 aliphatic rings. The van der Waals surface area contributed by atoms with Crippen molar-refractivity contribution in [1.82, 2.24) is 14.7 Å². The van der Waals surface area contributed by atoms with Gasteiger partial charge in [0.2, 0.25) is 0 Å². The number of unbranched alkanes of at least 4 members (excludes halogenated alkanes) is 9. The fourth-order valence-corrected chi connectivity index (χ4v) is 6.48. The lowest BCUT2D eigenvalue weighted by Crippen LogP contribution is -2.29. The maximum absolute atomic E-state index is 13.4. The molecule has 0 saturated carbocycles. The van der Waals surface area contributed by atoms with Gasteiger partial charge in [-0.1, -0.05) is 118 Å². The molecule has 1 saturated heterocycles. The van der Waals surface area contributed by atoms with Gasteiger partial charge < -0.3 is 4.74 Å². The summed E-state index contributed by atoms with van der Waals surface area (Å²) in [7, 11) is 0. The fourth-order valence-electron chi connectivity index (χ4n) is 4.94. The maximum Gasteiger partial charge on any atom is 0.266 e. The second-order valence-corrected chi connectivity index (χ2v) is 12.4. The Kier molecular flexibility index (Phi) is 12.3. The van der Waals surface area contributed by atoms with Gasteiger partial charge in [0.05, 0.1) is 22.2 Å². The van der Waals surface area contributed by atoms with Gasteiger partial charge in [0.1, 0.15) is 15.8 Å². The number of halogens is 1. The average molecular weight is 610 g/mol. The first-order valence-electron chi connectivity index (χ1n) is 14.8. The molecule has 3 aromatic rings. The number of hydrogen-bond acceptors (Lipinski definition) is 5. The predicted octanol–water partition coefficient (Wildman–Crippen LogP) is 9.71. The van der Waals surface area contributed by atoms with Crippen LogP contribution in [0, 0.1) is 0 Å². The number of aromatic nitrogens is 2. The third kappa shape index (κ3) is 8.69. The van der Waals surface area contributed by atoms with Crippen molar-refractivity contribution in [3.63, 3.8) is 0 Å². The zero-order valence-corrected chi connectivity index (χ0v) is 26.5. The number of thiocarbonyl (C=S) groups is 1. The van der Waals surface area contributed by atoms with Gasteiger partial charge in [0.25, 0.3) is 5.91 Å². The highest BCUT2D eigenvalue weighted by molar-refractivity contribution is 8.26. The second-order valence-electron chi connectivity index (χ2n) is 10.3. The van der Waals surface area contributed by atoms with Crippen molar-refractivity contribution in [3.8, 4) is 22.7 Å². The summed E-state index contributed by atoms with van der Waals surface area (Å²) in [6, 6.07) is 15.6. The summed E-state index contributed by atoms with van der Waals surface area (Å²) in [6.07, 6.45) is 16.4. The lowest BCUT2D eigenvalue weighted by molar-refractivity contribution is -0.122. The van der Waals surface area contributed by atoms with Gasteiger partial charge in [-0.3, -0.25) is 9.69 Å². The molecule has 0 atom stereocenters. The Bertz CT molecular complexity index is 1340. The minimum Gasteiger partial charge on any atom is -0.492 e. The Morgan fingerprint density at radius 1 is 0.951 bits per heavy atom. The van der Waals surface area contributed by atoms with Crippen LogP contribution in [-0.2, 0) is 4.79 Å². The number of benzene rings is 2. The summed E-state index contributed by atoms with van der Waals surface area (Å²) in [4.78, 5) is 15.8. The molecule has 2 aromatic carbocycles. The number of nitrogens with zero attached hydrogens (tertiary/aromatic N) is 3. The van der Waals surface area contributed by atoms with Gasteiger partial charge in [-0.05, 0) is 49.8 Å². The number of thioether (sulfide) groups is 1. The first-order chi connectivity index (χ1) is 20.0. The highest BCUT2D eigenvalue weighted by atomic mass is 35.5. The standard InChI is InChI=1S/C33H40ClN3O2S2/c1-3-5-6-7-8-9-10-11-12-16-21-36-32(38)30(41-33(36)40)23-26-24-37(27-17-14-13-15-18-27)35-31(26)25-19-20-29(39-4-2)28(34)22-25/h13-15,17-20,22-24H,3-12,16,21H2,1-2H3/b30-23-. The number of rotatable bonds is 16. The van der Waals surface area contributed by atoms with Crippen LogP contribution in [0.2, 0.25) is 5.02 Å². The molecule has 8 heteroatoms. The van der Waals surface area contributed by atoms with Crippen LogP contribution in [0.3, 0.4) is 0 Å². The van der Waals surface area contributed by atoms with Crippen molar-refractivity contribution in [3.05, 3.63) is 70.2 Å². The molecule has 1 aliphatic heterocycles. The van der Waals surface area contributed by atoms with E-state index in [0.717, 1.165) is 35.3 Å². The van der Waals surface area contributed by atoms with E-state index in [1.54, 1.807) is 4.90 Å².